The molecule has 11 aromatic rings. The second-order valence-corrected chi connectivity index (χ2v) is 16.4. The van der Waals surface area contributed by atoms with Gasteiger partial charge in [0.15, 0.2) is 0 Å². The van der Waals surface area contributed by atoms with Gasteiger partial charge in [-0.15, -0.1) is 34.0 Å². The number of hydrogen-bond acceptors (Lipinski definition) is 8. The standard InChI is InChI=1S/C47H29N5S3/c1-2-7-33(8-3-1)51(36-19-21-43-42(26-36)49-29-53-43)35-17-14-31-24-40-39-20-18-37(27-46(39)54-45(40)25-32(31)23-35)52(38-9-6-22-48-28-38)34-15-12-30(13-16-34)47-50-41-10-4-5-11-44(41)55-47/h1-29H. The second-order valence-electron chi connectivity index (χ2n) is 13.4. The molecule has 7 aromatic carbocycles. The van der Waals surface area contributed by atoms with E-state index < -0.39 is 0 Å². The Morgan fingerprint density at radius 2 is 1.16 bits per heavy atom. The van der Waals surface area contributed by atoms with Gasteiger partial charge < -0.3 is 9.80 Å². The highest BCUT2D eigenvalue weighted by atomic mass is 32.1. The zero-order valence-electron chi connectivity index (χ0n) is 29.2. The summed E-state index contributed by atoms with van der Waals surface area (Å²) in [4.78, 5) is 18.6. The summed E-state index contributed by atoms with van der Waals surface area (Å²) in [5.74, 6) is 0. The monoisotopic (exact) mass is 759 g/mol. The molecule has 0 atom stereocenters. The number of hydrogen-bond donors (Lipinski definition) is 0. The molecule has 0 fully saturated rings. The molecule has 0 N–H and O–H groups in total. The zero-order chi connectivity index (χ0) is 36.3. The molecule has 8 heteroatoms. The third-order valence-electron chi connectivity index (χ3n) is 10.1. The van der Waals surface area contributed by atoms with Gasteiger partial charge in [-0.1, -0.05) is 42.5 Å². The second kappa shape index (κ2) is 13.1. The van der Waals surface area contributed by atoms with E-state index in [4.69, 9.17) is 4.98 Å². The molecule has 0 unspecified atom stereocenters. The SMILES string of the molecule is c1ccc(N(c2ccc3cc4c(cc3c2)sc2cc(N(c3ccc(-c5nc6ccccc6s5)cc3)c3cccnc3)ccc24)c2ccc3scnc3c2)cc1. The van der Waals surface area contributed by atoms with Crippen LogP contribution in [0.15, 0.2) is 176 Å². The van der Waals surface area contributed by atoms with Gasteiger partial charge in [0.05, 0.1) is 37.8 Å². The number of thiophene rings is 1. The number of thiazole rings is 2. The summed E-state index contributed by atoms with van der Waals surface area (Å²) in [5.41, 5.74) is 11.5. The van der Waals surface area contributed by atoms with Gasteiger partial charge in [0.25, 0.3) is 0 Å². The lowest BCUT2D eigenvalue weighted by atomic mass is 10.0. The Balaban J connectivity index is 0.986. The minimum absolute atomic E-state index is 1.01. The van der Waals surface area contributed by atoms with E-state index in [0.29, 0.717) is 0 Å². The quantitative estimate of drug-likeness (QED) is 0.162. The molecule has 55 heavy (non-hydrogen) atoms. The van der Waals surface area contributed by atoms with E-state index >= 15 is 0 Å². The molecule has 0 aliphatic carbocycles. The first-order valence-corrected chi connectivity index (χ1v) is 20.5. The van der Waals surface area contributed by atoms with Crippen LogP contribution in [0.1, 0.15) is 0 Å². The highest BCUT2D eigenvalue weighted by molar-refractivity contribution is 7.26. The van der Waals surface area contributed by atoms with Crippen molar-refractivity contribution in [2.75, 3.05) is 9.80 Å². The first-order chi connectivity index (χ1) is 27.2. The van der Waals surface area contributed by atoms with Gasteiger partial charge in [-0.05, 0) is 126 Å². The molecular formula is C47H29N5S3. The summed E-state index contributed by atoms with van der Waals surface area (Å²) in [5, 5.41) is 5.98. The molecule has 4 aromatic heterocycles. The summed E-state index contributed by atoms with van der Waals surface area (Å²) in [6.45, 7) is 0. The Morgan fingerprint density at radius 3 is 2.04 bits per heavy atom. The van der Waals surface area contributed by atoms with Crippen LogP contribution in [0.2, 0.25) is 0 Å². The molecule has 5 nitrogen and oxygen atoms in total. The van der Waals surface area contributed by atoms with E-state index in [1.165, 1.54) is 40.3 Å². The van der Waals surface area contributed by atoms with Crippen molar-refractivity contribution in [1.82, 2.24) is 15.0 Å². The highest BCUT2D eigenvalue weighted by Crippen LogP contribution is 2.44. The van der Waals surface area contributed by atoms with E-state index in [-0.39, 0.29) is 0 Å². The number of fused-ring (bicyclic) bond motifs is 6. The lowest BCUT2D eigenvalue weighted by molar-refractivity contribution is 1.23. The van der Waals surface area contributed by atoms with Crippen molar-refractivity contribution < 1.29 is 0 Å². The van der Waals surface area contributed by atoms with Gasteiger partial charge >= 0.3 is 0 Å². The number of benzene rings is 7. The number of aromatic nitrogens is 3. The van der Waals surface area contributed by atoms with E-state index in [1.807, 2.05) is 41.4 Å². The van der Waals surface area contributed by atoms with Crippen LogP contribution in [0.25, 0.3) is 61.9 Å². The lowest BCUT2D eigenvalue weighted by Crippen LogP contribution is -2.09. The summed E-state index contributed by atoms with van der Waals surface area (Å²) in [6.07, 6.45) is 3.75. The maximum absolute atomic E-state index is 4.89. The first kappa shape index (κ1) is 32.0. The lowest BCUT2D eigenvalue weighted by Gasteiger charge is -2.25. The van der Waals surface area contributed by atoms with E-state index in [9.17, 15) is 0 Å². The van der Waals surface area contributed by atoms with Crippen molar-refractivity contribution in [3.63, 3.8) is 0 Å². The van der Waals surface area contributed by atoms with Gasteiger partial charge in [0.1, 0.15) is 5.01 Å². The van der Waals surface area contributed by atoms with Crippen molar-refractivity contribution in [1.29, 1.82) is 0 Å². The first-order valence-electron chi connectivity index (χ1n) is 18.0. The molecule has 11 rings (SSSR count). The van der Waals surface area contributed by atoms with Gasteiger partial charge in [-0.3, -0.25) is 4.98 Å². The summed E-state index contributed by atoms with van der Waals surface area (Å²) in [6, 6.07) is 56.5. The highest BCUT2D eigenvalue weighted by Gasteiger charge is 2.18. The fourth-order valence-electron chi connectivity index (χ4n) is 7.47. The van der Waals surface area contributed by atoms with Gasteiger partial charge in [0, 0.05) is 60.4 Å². The van der Waals surface area contributed by atoms with Crippen molar-refractivity contribution in [3.8, 4) is 10.6 Å². The average molecular weight is 760 g/mol. The number of para-hydroxylation sites is 2. The Hall–Kier alpha value is -6.45. The fourth-order valence-corrected chi connectivity index (χ4v) is 10.3. The smallest absolute Gasteiger partial charge is 0.124 e. The van der Waals surface area contributed by atoms with Crippen LogP contribution in [0.4, 0.5) is 34.1 Å². The van der Waals surface area contributed by atoms with Crippen molar-refractivity contribution in [2.24, 2.45) is 0 Å². The van der Waals surface area contributed by atoms with Gasteiger partial charge in [-0.2, -0.15) is 0 Å². The van der Waals surface area contributed by atoms with Crippen LogP contribution in [0.3, 0.4) is 0 Å². The molecule has 0 radical (unpaired) electrons. The Kier molecular flexibility index (Phi) is 7.65. The topological polar surface area (TPSA) is 45.2 Å². The zero-order valence-corrected chi connectivity index (χ0v) is 31.7. The molecule has 0 bridgehead atoms. The van der Waals surface area contributed by atoms with E-state index in [0.717, 1.165) is 55.7 Å². The average Bonchev–Trinajstić information content (AvgIpc) is 3.98. The minimum atomic E-state index is 1.01. The van der Waals surface area contributed by atoms with Crippen LogP contribution < -0.4 is 9.80 Å². The molecular weight excluding hydrogens is 731 g/mol. The third kappa shape index (κ3) is 5.70. The summed E-state index contributed by atoms with van der Waals surface area (Å²) < 4.78 is 4.89. The summed E-state index contributed by atoms with van der Waals surface area (Å²) in [7, 11) is 0. The molecule has 0 spiro atoms. The predicted octanol–water partition coefficient (Wildman–Crippen LogP) is 14.4. The normalized spacial score (nSPS) is 11.6. The largest absolute Gasteiger partial charge is 0.310 e. The Bertz CT molecular complexity index is 3140. The van der Waals surface area contributed by atoms with Gasteiger partial charge in [-0.25, -0.2) is 9.97 Å². The van der Waals surface area contributed by atoms with Crippen LogP contribution >= 0.6 is 34.0 Å². The number of anilines is 6. The third-order valence-corrected chi connectivity index (χ3v) is 13.1. The van der Waals surface area contributed by atoms with E-state index in [2.05, 4.69) is 165 Å². The van der Waals surface area contributed by atoms with Gasteiger partial charge in [0.2, 0.25) is 0 Å². The molecule has 4 heterocycles. The van der Waals surface area contributed by atoms with Crippen molar-refractivity contribution in [2.45, 2.75) is 0 Å². The Morgan fingerprint density at radius 1 is 0.436 bits per heavy atom. The number of pyridine rings is 1. The van der Waals surface area contributed by atoms with Crippen LogP contribution in [-0.4, -0.2) is 15.0 Å². The molecule has 0 aliphatic heterocycles. The van der Waals surface area contributed by atoms with Crippen LogP contribution in [-0.2, 0) is 0 Å². The van der Waals surface area contributed by atoms with Crippen molar-refractivity contribution >= 4 is 120 Å². The molecule has 260 valence electrons. The maximum Gasteiger partial charge on any atom is 0.124 e. The van der Waals surface area contributed by atoms with Crippen LogP contribution in [0, 0.1) is 0 Å². The number of rotatable bonds is 7. The van der Waals surface area contributed by atoms with Crippen molar-refractivity contribution in [3.05, 3.63) is 176 Å². The van der Waals surface area contributed by atoms with Crippen LogP contribution in [0.5, 0.6) is 0 Å². The minimum Gasteiger partial charge on any atom is -0.310 e. The maximum atomic E-state index is 4.89. The molecule has 0 saturated carbocycles. The summed E-state index contributed by atoms with van der Waals surface area (Å²) >= 11 is 5.23. The van der Waals surface area contributed by atoms with E-state index in [1.54, 1.807) is 22.7 Å². The predicted molar refractivity (Wildman–Crippen MR) is 236 cm³/mol. The number of nitrogens with zero attached hydrogens (tertiary/aromatic N) is 5. The molecule has 0 amide bonds. The fraction of sp³-hybridized carbons (Fsp3) is 0. The molecule has 0 aliphatic rings. The molecule has 0 saturated heterocycles. The Labute approximate surface area is 328 Å².